The van der Waals surface area contributed by atoms with E-state index in [9.17, 15) is 9.18 Å². The second-order valence-corrected chi connectivity index (χ2v) is 9.12. The van der Waals surface area contributed by atoms with Crippen molar-refractivity contribution in [1.29, 1.82) is 0 Å². The average Bonchev–Trinajstić information content (AvgIpc) is 3.24. The van der Waals surface area contributed by atoms with Gasteiger partial charge < -0.3 is 20.9 Å². The molecule has 1 aromatic carbocycles. The molecule has 2 fully saturated rings. The quantitative estimate of drug-likeness (QED) is 0.520. The molecule has 0 bridgehead atoms. The van der Waals surface area contributed by atoms with Crippen LogP contribution in [-0.2, 0) is 0 Å². The van der Waals surface area contributed by atoms with E-state index in [4.69, 9.17) is 17.3 Å². The molecule has 168 valence electrons. The van der Waals surface area contributed by atoms with E-state index < -0.39 is 0 Å². The molecule has 0 radical (unpaired) electrons. The van der Waals surface area contributed by atoms with E-state index >= 15 is 0 Å². The third kappa shape index (κ3) is 3.93. The molecular weight excluding hydrogens is 431 g/mol. The first kappa shape index (κ1) is 21.2. The lowest BCUT2D eigenvalue weighted by atomic mass is 9.88. The van der Waals surface area contributed by atoms with Crippen molar-refractivity contribution in [3.8, 4) is 0 Å². The number of pyridine rings is 1. The fraction of sp³-hybridized carbons (Fsp3) is 0.435. The number of nitrogens with two attached hydrogens (primary N) is 1. The Morgan fingerprint density at radius 1 is 1.22 bits per heavy atom. The number of aromatic nitrogens is 3. The Hall–Kier alpha value is -2.71. The fourth-order valence-electron chi connectivity index (χ4n) is 4.92. The van der Waals surface area contributed by atoms with Crippen LogP contribution in [0.4, 0.5) is 10.1 Å². The Morgan fingerprint density at radius 2 is 2.03 bits per heavy atom. The highest BCUT2D eigenvalue weighted by molar-refractivity contribution is 6.31. The summed E-state index contributed by atoms with van der Waals surface area (Å²) in [7, 11) is 0. The number of anilines is 1. The number of nitrogen functional groups attached to an aromatic ring is 1. The van der Waals surface area contributed by atoms with Crippen LogP contribution in [0.5, 0.6) is 0 Å². The van der Waals surface area contributed by atoms with Gasteiger partial charge in [-0.3, -0.25) is 4.79 Å². The molecule has 9 heteroatoms. The third-order valence-electron chi connectivity index (χ3n) is 6.65. The Labute approximate surface area is 190 Å². The van der Waals surface area contributed by atoms with E-state index in [1.165, 1.54) is 6.20 Å². The van der Waals surface area contributed by atoms with Gasteiger partial charge in [0, 0.05) is 41.8 Å². The van der Waals surface area contributed by atoms with Crippen molar-refractivity contribution in [1.82, 2.24) is 25.2 Å². The number of aromatic amines is 1. The second kappa shape index (κ2) is 8.67. The largest absolute Gasteiger partial charge is 0.398 e. The monoisotopic (exact) mass is 456 g/mol. The first-order valence-electron chi connectivity index (χ1n) is 11.1. The molecule has 2 saturated heterocycles. The molecule has 3 aromatic rings. The van der Waals surface area contributed by atoms with Crippen LogP contribution < -0.4 is 11.1 Å². The zero-order chi connectivity index (χ0) is 22.2. The van der Waals surface area contributed by atoms with Crippen LogP contribution in [0.1, 0.15) is 59.3 Å². The lowest BCUT2D eigenvalue weighted by molar-refractivity contribution is 0.0713. The summed E-state index contributed by atoms with van der Waals surface area (Å²) in [5.41, 5.74) is 8.70. The van der Waals surface area contributed by atoms with Gasteiger partial charge in [-0.15, -0.1) is 0 Å². The first-order chi connectivity index (χ1) is 15.5. The molecule has 5 rings (SSSR count). The number of likely N-dealkylation sites (tertiary alicyclic amines) is 1. The van der Waals surface area contributed by atoms with Crippen LogP contribution in [0.2, 0.25) is 5.02 Å². The minimum atomic E-state index is -0.318. The molecule has 2 aliphatic rings. The maximum Gasteiger partial charge on any atom is 0.255 e. The summed E-state index contributed by atoms with van der Waals surface area (Å²) in [5, 5.41) is 3.89. The van der Waals surface area contributed by atoms with Gasteiger partial charge in [0.2, 0.25) is 0 Å². The topological polar surface area (TPSA) is 99.9 Å². The summed E-state index contributed by atoms with van der Waals surface area (Å²) in [6.45, 7) is 2.95. The van der Waals surface area contributed by atoms with Crippen LogP contribution in [0, 0.1) is 5.82 Å². The van der Waals surface area contributed by atoms with Gasteiger partial charge in [-0.05, 0) is 56.3 Å². The molecule has 1 atom stereocenters. The Kier molecular flexibility index (Phi) is 5.73. The number of fused-ring (bicyclic) bond motifs is 1. The van der Waals surface area contributed by atoms with E-state index in [0.717, 1.165) is 31.8 Å². The number of halogens is 2. The molecule has 0 aliphatic carbocycles. The number of benzene rings is 1. The van der Waals surface area contributed by atoms with E-state index in [0.29, 0.717) is 58.9 Å². The first-order valence-corrected chi connectivity index (χ1v) is 11.5. The Bertz CT molecular complexity index is 1150. The van der Waals surface area contributed by atoms with Crippen LogP contribution >= 0.6 is 11.6 Å². The highest BCUT2D eigenvalue weighted by Crippen LogP contribution is 2.35. The fourth-order valence-corrected chi connectivity index (χ4v) is 5.10. The standard InChI is InChI=1S/C23H26ClFN6O/c24-15-3-4-16(18(26)10-15)23(32)31-8-5-13(6-9-31)19-17(25)12-28-22-20(19)29-21(30-22)14-2-1-7-27-11-14/h3-4,10,12-14,27H,1-2,5-9,11,26H2,(H,28,29,30). The van der Waals surface area contributed by atoms with Crippen LogP contribution in [-0.4, -0.2) is 51.9 Å². The smallest absolute Gasteiger partial charge is 0.255 e. The molecule has 7 nitrogen and oxygen atoms in total. The summed E-state index contributed by atoms with van der Waals surface area (Å²) >= 11 is 5.95. The molecular formula is C23H26ClFN6O. The lowest BCUT2D eigenvalue weighted by Gasteiger charge is -2.32. The number of hydrogen-bond acceptors (Lipinski definition) is 5. The molecule has 2 aliphatic heterocycles. The van der Waals surface area contributed by atoms with Crippen LogP contribution in [0.3, 0.4) is 0 Å². The van der Waals surface area contributed by atoms with Crippen molar-refractivity contribution in [2.75, 3.05) is 31.9 Å². The number of piperidine rings is 2. The predicted molar refractivity (Wildman–Crippen MR) is 122 cm³/mol. The summed E-state index contributed by atoms with van der Waals surface area (Å²) < 4.78 is 14.9. The third-order valence-corrected chi connectivity index (χ3v) is 6.88. The number of nitrogens with zero attached hydrogens (tertiary/aromatic N) is 3. The van der Waals surface area contributed by atoms with Gasteiger partial charge in [-0.1, -0.05) is 11.6 Å². The maximum atomic E-state index is 14.9. The van der Waals surface area contributed by atoms with Gasteiger partial charge in [-0.2, -0.15) is 0 Å². The van der Waals surface area contributed by atoms with Crippen molar-refractivity contribution in [2.24, 2.45) is 0 Å². The van der Waals surface area contributed by atoms with Crippen LogP contribution in [0.25, 0.3) is 11.2 Å². The van der Waals surface area contributed by atoms with Crippen LogP contribution in [0.15, 0.2) is 24.4 Å². The van der Waals surface area contributed by atoms with Crippen molar-refractivity contribution in [3.63, 3.8) is 0 Å². The predicted octanol–water partition coefficient (Wildman–Crippen LogP) is 3.82. The molecule has 4 heterocycles. The summed E-state index contributed by atoms with van der Waals surface area (Å²) in [4.78, 5) is 27.0. The van der Waals surface area contributed by atoms with Crippen molar-refractivity contribution in [3.05, 3.63) is 52.2 Å². The summed E-state index contributed by atoms with van der Waals surface area (Å²) in [5.74, 6) is 0.716. The Morgan fingerprint density at radius 3 is 2.75 bits per heavy atom. The molecule has 2 aromatic heterocycles. The number of hydrogen-bond donors (Lipinski definition) is 3. The van der Waals surface area contributed by atoms with E-state index in [1.54, 1.807) is 23.1 Å². The minimum absolute atomic E-state index is 0.00936. The molecule has 32 heavy (non-hydrogen) atoms. The number of imidazole rings is 1. The SMILES string of the molecule is Nc1cc(Cl)ccc1C(=O)N1CCC(c2c(F)cnc3nc(C4CCCNC4)[nH]c23)CC1. The molecule has 1 unspecified atom stereocenters. The van der Waals surface area contributed by atoms with Gasteiger partial charge in [0.1, 0.15) is 11.6 Å². The van der Waals surface area contributed by atoms with Crippen molar-refractivity contribution in [2.45, 2.75) is 37.5 Å². The molecule has 4 N–H and O–H groups in total. The highest BCUT2D eigenvalue weighted by atomic mass is 35.5. The van der Waals surface area contributed by atoms with Gasteiger partial charge >= 0.3 is 0 Å². The second-order valence-electron chi connectivity index (χ2n) is 8.68. The van der Waals surface area contributed by atoms with Gasteiger partial charge in [-0.25, -0.2) is 14.4 Å². The number of carbonyl (C=O) groups is 1. The van der Waals surface area contributed by atoms with Crippen molar-refractivity contribution < 1.29 is 9.18 Å². The normalized spacial score (nSPS) is 20.1. The van der Waals surface area contributed by atoms with E-state index in [1.807, 2.05) is 0 Å². The lowest BCUT2D eigenvalue weighted by Crippen LogP contribution is -2.38. The number of nitrogens with one attached hydrogen (secondary N) is 2. The Balaban J connectivity index is 1.36. The maximum absolute atomic E-state index is 14.9. The summed E-state index contributed by atoms with van der Waals surface area (Å²) in [6, 6.07) is 4.91. The molecule has 0 saturated carbocycles. The highest BCUT2D eigenvalue weighted by Gasteiger charge is 2.30. The summed E-state index contributed by atoms with van der Waals surface area (Å²) in [6.07, 6.45) is 4.75. The minimum Gasteiger partial charge on any atom is -0.398 e. The number of rotatable bonds is 3. The van der Waals surface area contributed by atoms with Crippen molar-refractivity contribution >= 4 is 34.4 Å². The molecule has 1 amide bonds. The zero-order valence-corrected chi connectivity index (χ0v) is 18.5. The number of carbonyl (C=O) groups excluding carboxylic acids is 1. The number of H-pyrrole nitrogens is 1. The van der Waals surface area contributed by atoms with E-state index in [2.05, 4.69) is 20.3 Å². The van der Waals surface area contributed by atoms with Gasteiger partial charge in [0.25, 0.3) is 5.91 Å². The average molecular weight is 457 g/mol. The van der Waals surface area contributed by atoms with Gasteiger partial charge in [0.05, 0.1) is 17.3 Å². The zero-order valence-electron chi connectivity index (χ0n) is 17.7. The molecule has 0 spiro atoms. The van der Waals surface area contributed by atoms with Gasteiger partial charge in [0.15, 0.2) is 5.65 Å². The number of amides is 1. The van der Waals surface area contributed by atoms with E-state index in [-0.39, 0.29) is 23.6 Å².